The Labute approximate surface area is 117 Å². The molecule has 0 N–H and O–H groups in total. The summed E-state index contributed by atoms with van der Waals surface area (Å²) < 4.78 is 65.1. The molecule has 114 valence electrons. The summed E-state index contributed by atoms with van der Waals surface area (Å²) in [5, 5.41) is 0. The second-order valence-corrected chi connectivity index (χ2v) is 4.84. The second-order valence-electron chi connectivity index (χ2n) is 4.84. The molecule has 0 atom stereocenters. The monoisotopic (exact) mass is 305 g/mol. The third-order valence-corrected chi connectivity index (χ3v) is 3.27. The normalized spacial score (nSPS) is 17.9. The maximum atomic E-state index is 13.1. The summed E-state index contributed by atoms with van der Waals surface area (Å²) in [5.41, 5.74) is -1.44. The van der Waals surface area contributed by atoms with Crippen LogP contribution in [0.3, 0.4) is 0 Å². The largest absolute Gasteiger partial charge is 0.417 e. The highest BCUT2D eigenvalue weighted by Crippen LogP contribution is 2.35. The van der Waals surface area contributed by atoms with E-state index in [2.05, 4.69) is 6.58 Å². The molecule has 2 rings (SSSR count). The van der Waals surface area contributed by atoms with E-state index in [9.17, 15) is 26.7 Å². The highest BCUT2D eigenvalue weighted by atomic mass is 19.4. The van der Waals surface area contributed by atoms with Gasteiger partial charge in [0.25, 0.3) is 11.8 Å². The molecule has 7 heteroatoms. The van der Waals surface area contributed by atoms with Crippen molar-refractivity contribution >= 4 is 12.0 Å². The number of likely N-dealkylation sites (tertiary alicyclic amines) is 1. The summed E-state index contributed by atoms with van der Waals surface area (Å²) in [5.74, 6) is -4.09. The fourth-order valence-corrected chi connectivity index (χ4v) is 2.19. The number of nitrogens with zero attached hydrogens (tertiary/aromatic N) is 1. The molecule has 1 heterocycles. The van der Waals surface area contributed by atoms with E-state index < -0.39 is 42.1 Å². The van der Waals surface area contributed by atoms with E-state index in [-0.39, 0.29) is 6.54 Å². The average molecular weight is 305 g/mol. The topological polar surface area (TPSA) is 20.3 Å². The molecule has 1 aromatic carbocycles. The lowest BCUT2D eigenvalue weighted by Crippen LogP contribution is -2.32. The van der Waals surface area contributed by atoms with Gasteiger partial charge in [0.05, 0.1) is 17.7 Å². The fraction of sp³-hybridized carbons (Fsp3) is 0.357. The summed E-state index contributed by atoms with van der Waals surface area (Å²) in [6, 6.07) is 2.96. The maximum absolute atomic E-state index is 13.1. The van der Waals surface area contributed by atoms with Gasteiger partial charge >= 0.3 is 6.18 Å². The maximum Gasteiger partial charge on any atom is 0.417 e. The van der Waals surface area contributed by atoms with E-state index in [4.69, 9.17) is 0 Å². The van der Waals surface area contributed by atoms with E-state index in [1.807, 2.05) is 0 Å². The fourth-order valence-electron chi connectivity index (χ4n) is 2.19. The minimum atomic E-state index is -4.73. The standard InChI is InChI=1S/C14H12F5NO/c1-2-9-3-4-11(14(17,18)19)10(7-9)12(21)20-6-5-13(15,16)8-20/h2-4,7H,1,5-6,8H2. The Morgan fingerprint density at radius 1 is 1.33 bits per heavy atom. The third kappa shape index (κ3) is 3.22. The molecule has 0 saturated carbocycles. The molecule has 1 fully saturated rings. The molecule has 0 aliphatic carbocycles. The number of hydrogen-bond donors (Lipinski definition) is 0. The Kier molecular flexibility index (Phi) is 3.78. The third-order valence-electron chi connectivity index (χ3n) is 3.27. The van der Waals surface area contributed by atoms with Crippen LogP contribution in [0, 0.1) is 0 Å². The van der Waals surface area contributed by atoms with E-state index >= 15 is 0 Å². The first-order chi connectivity index (χ1) is 9.64. The first-order valence-electron chi connectivity index (χ1n) is 6.15. The zero-order chi connectivity index (χ0) is 15.8. The van der Waals surface area contributed by atoms with Gasteiger partial charge in [0, 0.05) is 13.0 Å². The Bertz CT molecular complexity index is 579. The number of halogens is 5. The number of alkyl halides is 5. The molecule has 2 nitrogen and oxygen atoms in total. The van der Waals surface area contributed by atoms with Crippen LogP contribution in [-0.4, -0.2) is 29.8 Å². The van der Waals surface area contributed by atoms with Crippen LogP contribution in [0.4, 0.5) is 22.0 Å². The Balaban J connectivity index is 2.42. The van der Waals surface area contributed by atoms with E-state index in [0.29, 0.717) is 5.56 Å². The van der Waals surface area contributed by atoms with Crippen LogP contribution >= 0.6 is 0 Å². The van der Waals surface area contributed by atoms with Crippen LogP contribution in [0.1, 0.15) is 27.9 Å². The first kappa shape index (κ1) is 15.5. The van der Waals surface area contributed by atoms with Crippen molar-refractivity contribution in [1.29, 1.82) is 0 Å². The van der Waals surface area contributed by atoms with E-state index in [0.717, 1.165) is 17.0 Å². The van der Waals surface area contributed by atoms with Crippen molar-refractivity contribution in [3.63, 3.8) is 0 Å². The summed E-state index contributed by atoms with van der Waals surface area (Å²) in [6.45, 7) is 2.30. The molecule has 1 amide bonds. The summed E-state index contributed by atoms with van der Waals surface area (Å²) >= 11 is 0. The lowest BCUT2D eigenvalue weighted by atomic mass is 10.0. The van der Waals surface area contributed by atoms with Gasteiger partial charge in [0.2, 0.25) is 0 Å². The SMILES string of the molecule is C=Cc1ccc(C(F)(F)F)c(C(=O)N2CCC(F)(F)C2)c1. The number of rotatable bonds is 2. The van der Waals surface area contributed by atoms with Gasteiger partial charge < -0.3 is 4.90 Å². The molecule has 0 spiro atoms. The van der Waals surface area contributed by atoms with Gasteiger partial charge in [-0.1, -0.05) is 18.7 Å². The molecule has 0 bridgehead atoms. The van der Waals surface area contributed by atoms with Crippen LogP contribution in [0.15, 0.2) is 24.8 Å². The van der Waals surface area contributed by atoms with E-state index in [1.54, 1.807) is 0 Å². The van der Waals surface area contributed by atoms with Crippen LogP contribution in [0.25, 0.3) is 6.08 Å². The molecule has 0 aromatic heterocycles. The van der Waals surface area contributed by atoms with Crippen molar-refractivity contribution in [3.05, 3.63) is 41.5 Å². The highest BCUT2D eigenvalue weighted by molar-refractivity contribution is 5.96. The lowest BCUT2D eigenvalue weighted by Gasteiger charge is -2.19. The average Bonchev–Trinajstić information content (AvgIpc) is 2.76. The number of benzene rings is 1. The Hall–Kier alpha value is -1.92. The van der Waals surface area contributed by atoms with Gasteiger partial charge in [0.15, 0.2) is 0 Å². The van der Waals surface area contributed by atoms with Crippen molar-refractivity contribution in [2.75, 3.05) is 13.1 Å². The predicted molar refractivity (Wildman–Crippen MR) is 67.0 cm³/mol. The zero-order valence-electron chi connectivity index (χ0n) is 10.9. The first-order valence-corrected chi connectivity index (χ1v) is 6.15. The number of carbonyl (C=O) groups is 1. The molecule has 1 aromatic rings. The van der Waals surface area contributed by atoms with E-state index in [1.165, 1.54) is 12.1 Å². The van der Waals surface area contributed by atoms with Gasteiger partial charge in [-0.3, -0.25) is 4.79 Å². The Morgan fingerprint density at radius 2 is 2.00 bits per heavy atom. The number of carbonyl (C=O) groups excluding carboxylic acids is 1. The van der Waals surface area contributed by atoms with Crippen molar-refractivity contribution in [3.8, 4) is 0 Å². The van der Waals surface area contributed by atoms with Gasteiger partial charge in [-0.2, -0.15) is 13.2 Å². The van der Waals surface area contributed by atoms with Gasteiger partial charge in [-0.15, -0.1) is 0 Å². The van der Waals surface area contributed by atoms with Crippen LogP contribution in [0.5, 0.6) is 0 Å². The van der Waals surface area contributed by atoms with Gasteiger partial charge in [-0.25, -0.2) is 8.78 Å². The minimum Gasteiger partial charge on any atom is -0.332 e. The highest BCUT2D eigenvalue weighted by Gasteiger charge is 2.42. The van der Waals surface area contributed by atoms with Gasteiger partial charge in [0.1, 0.15) is 0 Å². The summed E-state index contributed by atoms with van der Waals surface area (Å²) in [6.07, 6.45) is -3.98. The minimum absolute atomic E-state index is 0.262. The van der Waals surface area contributed by atoms with Crippen molar-refractivity contribution < 1.29 is 26.7 Å². The van der Waals surface area contributed by atoms with Crippen molar-refractivity contribution in [2.45, 2.75) is 18.5 Å². The van der Waals surface area contributed by atoms with Crippen LogP contribution < -0.4 is 0 Å². The molecule has 1 saturated heterocycles. The molecular formula is C14H12F5NO. The van der Waals surface area contributed by atoms with Crippen molar-refractivity contribution in [2.24, 2.45) is 0 Å². The molecule has 21 heavy (non-hydrogen) atoms. The van der Waals surface area contributed by atoms with Crippen LogP contribution in [0.2, 0.25) is 0 Å². The second kappa shape index (κ2) is 5.13. The molecule has 1 aliphatic rings. The number of hydrogen-bond acceptors (Lipinski definition) is 1. The zero-order valence-corrected chi connectivity index (χ0v) is 10.9. The smallest absolute Gasteiger partial charge is 0.332 e. The Morgan fingerprint density at radius 3 is 2.48 bits per heavy atom. The number of amides is 1. The van der Waals surface area contributed by atoms with Gasteiger partial charge in [-0.05, 0) is 17.7 Å². The molecule has 0 unspecified atom stereocenters. The molecule has 0 radical (unpaired) electrons. The summed E-state index contributed by atoms with van der Waals surface area (Å²) in [4.78, 5) is 12.9. The quantitative estimate of drug-likeness (QED) is 0.760. The predicted octanol–water partition coefficient (Wildman–Crippen LogP) is 3.83. The molecular weight excluding hydrogens is 293 g/mol. The molecule has 1 aliphatic heterocycles. The lowest BCUT2D eigenvalue weighted by molar-refractivity contribution is -0.138. The van der Waals surface area contributed by atoms with Crippen LogP contribution in [-0.2, 0) is 6.18 Å². The summed E-state index contributed by atoms with van der Waals surface area (Å²) in [7, 11) is 0. The van der Waals surface area contributed by atoms with Crippen molar-refractivity contribution in [1.82, 2.24) is 4.90 Å².